The first-order chi connectivity index (χ1) is 14.4. The number of anilines is 1. The third kappa shape index (κ3) is 4.08. The van der Waals surface area contributed by atoms with Crippen LogP contribution in [0.15, 0.2) is 68.8 Å². The molecule has 0 unspecified atom stereocenters. The molecule has 7 nitrogen and oxygen atoms in total. The summed E-state index contributed by atoms with van der Waals surface area (Å²) >= 11 is 1.07. The van der Waals surface area contributed by atoms with Crippen LogP contribution in [0.2, 0.25) is 0 Å². The Morgan fingerprint density at radius 3 is 2.70 bits per heavy atom. The zero-order valence-electron chi connectivity index (χ0n) is 15.9. The number of aliphatic imine (C=N–C) groups is 1. The molecule has 0 fully saturated rings. The lowest BCUT2D eigenvalue weighted by Gasteiger charge is -2.09. The Kier molecular flexibility index (Phi) is 5.33. The van der Waals surface area contributed by atoms with Crippen molar-refractivity contribution in [2.45, 2.75) is 18.6 Å². The molecule has 0 bridgehead atoms. The molecule has 1 aliphatic rings. The van der Waals surface area contributed by atoms with Gasteiger partial charge in [0, 0.05) is 23.1 Å². The summed E-state index contributed by atoms with van der Waals surface area (Å²) in [5.41, 5.74) is 1.01. The van der Waals surface area contributed by atoms with Crippen molar-refractivity contribution < 1.29 is 18.8 Å². The molecular formula is C22H16N2O5S. The molecule has 0 saturated heterocycles. The van der Waals surface area contributed by atoms with E-state index in [-0.39, 0.29) is 28.7 Å². The Labute approximate surface area is 175 Å². The van der Waals surface area contributed by atoms with Crippen LogP contribution in [0.5, 0.6) is 0 Å². The second-order valence-corrected chi connectivity index (χ2v) is 7.93. The van der Waals surface area contributed by atoms with Crippen LogP contribution < -0.4 is 10.9 Å². The monoisotopic (exact) mass is 420 g/mol. The number of Topliss-reactive ketones (excluding diaryl/α,β-unsaturated/α-hetero) is 1. The third-order valence-corrected chi connectivity index (χ3v) is 5.72. The van der Waals surface area contributed by atoms with E-state index in [4.69, 9.17) is 4.42 Å². The van der Waals surface area contributed by atoms with Crippen molar-refractivity contribution in [2.24, 2.45) is 4.99 Å². The number of fused-ring (bicyclic) bond motifs is 1. The van der Waals surface area contributed by atoms with Crippen molar-refractivity contribution in [3.8, 4) is 0 Å². The summed E-state index contributed by atoms with van der Waals surface area (Å²) in [4.78, 5) is 52.4. The molecule has 2 amide bonds. The van der Waals surface area contributed by atoms with Gasteiger partial charge in [-0.05, 0) is 31.2 Å². The molecule has 8 heteroatoms. The van der Waals surface area contributed by atoms with Crippen molar-refractivity contribution in [1.29, 1.82) is 0 Å². The van der Waals surface area contributed by atoms with E-state index in [1.54, 1.807) is 48.5 Å². The van der Waals surface area contributed by atoms with Crippen LogP contribution in [-0.2, 0) is 9.59 Å². The first-order valence-corrected chi connectivity index (χ1v) is 10.0. The minimum Gasteiger partial charge on any atom is -0.422 e. The number of benzene rings is 2. The minimum atomic E-state index is -0.734. The Morgan fingerprint density at radius 2 is 1.90 bits per heavy atom. The molecule has 0 spiro atoms. The minimum absolute atomic E-state index is 0.111. The number of amides is 2. The highest BCUT2D eigenvalue weighted by Crippen LogP contribution is 2.29. The van der Waals surface area contributed by atoms with Crippen molar-refractivity contribution in [2.75, 3.05) is 5.32 Å². The molecule has 2 aromatic carbocycles. The number of thioether (sulfide) groups is 1. The molecule has 0 aliphatic carbocycles. The standard InChI is InChI=1S/C22H16N2O5S/c1-12(25)13-6-4-7-15(9-13)23-19(26)11-18-20(27)24-21(30-18)16-10-14-5-2-3-8-17(14)29-22(16)28/h2-10,18H,11H2,1H3,(H,23,26)/t18-/m0/s1. The number of rotatable bonds is 5. The smallest absolute Gasteiger partial charge is 0.346 e. The van der Waals surface area contributed by atoms with Gasteiger partial charge in [0.1, 0.15) is 15.9 Å². The number of nitrogens with zero attached hydrogens (tertiary/aromatic N) is 1. The van der Waals surface area contributed by atoms with Gasteiger partial charge in [0.2, 0.25) is 5.91 Å². The lowest BCUT2D eigenvalue weighted by atomic mass is 10.1. The second-order valence-electron chi connectivity index (χ2n) is 6.74. The summed E-state index contributed by atoms with van der Waals surface area (Å²) in [7, 11) is 0. The molecule has 30 heavy (non-hydrogen) atoms. The molecule has 3 aromatic rings. The van der Waals surface area contributed by atoms with Gasteiger partial charge in [-0.2, -0.15) is 0 Å². The Bertz CT molecular complexity index is 1280. The first-order valence-electron chi connectivity index (χ1n) is 9.14. The fourth-order valence-electron chi connectivity index (χ4n) is 3.04. The summed E-state index contributed by atoms with van der Waals surface area (Å²) in [5.74, 6) is -0.973. The summed E-state index contributed by atoms with van der Waals surface area (Å²) in [6.07, 6.45) is -0.111. The molecule has 1 aromatic heterocycles. The highest BCUT2D eigenvalue weighted by Gasteiger charge is 2.32. The number of carbonyl (C=O) groups is 3. The van der Waals surface area contributed by atoms with Gasteiger partial charge >= 0.3 is 5.63 Å². The highest BCUT2D eigenvalue weighted by atomic mass is 32.2. The van der Waals surface area contributed by atoms with E-state index in [1.807, 2.05) is 6.07 Å². The number of hydrogen-bond donors (Lipinski definition) is 1. The van der Waals surface area contributed by atoms with Crippen molar-refractivity contribution in [3.05, 3.63) is 76.1 Å². The zero-order valence-corrected chi connectivity index (χ0v) is 16.7. The van der Waals surface area contributed by atoms with E-state index >= 15 is 0 Å². The van der Waals surface area contributed by atoms with Gasteiger partial charge in [0.05, 0.1) is 5.56 Å². The largest absolute Gasteiger partial charge is 0.422 e. The third-order valence-electron chi connectivity index (χ3n) is 4.54. The van der Waals surface area contributed by atoms with Gasteiger partial charge in [-0.15, -0.1) is 0 Å². The van der Waals surface area contributed by atoms with Gasteiger partial charge in [0.25, 0.3) is 5.91 Å². The van der Waals surface area contributed by atoms with E-state index in [0.29, 0.717) is 16.8 Å². The summed E-state index contributed by atoms with van der Waals surface area (Å²) in [6, 6.07) is 15.3. The molecule has 0 saturated carbocycles. The molecule has 4 rings (SSSR count). The highest BCUT2D eigenvalue weighted by molar-refractivity contribution is 8.16. The normalized spacial score (nSPS) is 15.8. The Hall–Kier alpha value is -3.52. The summed E-state index contributed by atoms with van der Waals surface area (Å²) < 4.78 is 5.30. The van der Waals surface area contributed by atoms with E-state index < -0.39 is 16.8 Å². The van der Waals surface area contributed by atoms with Crippen LogP contribution in [0.1, 0.15) is 29.3 Å². The van der Waals surface area contributed by atoms with E-state index in [2.05, 4.69) is 10.3 Å². The molecule has 0 radical (unpaired) electrons. The van der Waals surface area contributed by atoms with Gasteiger partial charge in [-0.3, -0.25) is 14.4 Å². The lowest BCUT2D eigenvalue weighted by molar-refractivity contribution is -0.121. The van der Waals surface area contributed by atoms with Crippen LogP contribution in [0.3, 0.4) is 0 Å². The van der Waals surface area contributed by atoms with E-state index in [0.717, 1.165) is 17.1 Å². The molecule has 2 heterocycles. The van der Waals surface area contributed by atoms with E-state index in [1.165, 1.54) is 6.92 Å². The average molecular weight is 420 g/mol. The van der Waals surface area contributed by atoms with Crippen LogP contribution in [0.4, 0.5) is 5.69 Å². The molecule has 150 valence electrons. The molecule has 1 aliphatic heterocycles. The topological polar surface area (TPSA) is 106 Å². The van der Waals surface area contributed by atoms with Crippen LogP contribution in [0, 0.1) is 0 Å². The van der Waals surface area contributed by atoms with Crippen molar-refractivity contribution in [1.82, 2.24) is 0 Å². The number of nitrogens with one attached hydrogen (secondary N) is 1. The van der Waals surface area contributed by atoms with Crippen molar-refractivity contribution in [3.63, 3.8) is 0 Å². The maximum Gasteiger partial charge on any atom is 0.346 e. The van der Waals surface area contributed by atoms with Gasteiger partial charge in [0.15, 0.2) is 5.78 Å². The van der Waals surface area contributed by atoms with Crippen LogP contribution in [0.25, 0.3) is 11.0 Å². The Morgan fingerprint density at radius 1 is 1.10 bits per heavy atom. The van der Waals surface area contributed by atoms with E-state index in [9.17, 15) is 19.2 Å². The van der Waals surface area contributed by atoms with Gasteiger partial charge in [-0.25, -0.2) is 9.79 Å². The number of para-hydroxylation sites is 1. The predicted octanol–water partition coefficient (Wildman–Crippen LogP) is 3.41. The summed E-state index contributed by atoms with van der Waals surface area (Å²) in [5, 5.41) is 2.92. The number of hydrogen-bond acceptors (Lipinski definition) is 6. The molecular weight excluding hydrogens is 404 g/mol. The summed E-state index contributed by atoms with van der Waals surface area (Å²) in [6.45, 7) is 1.44. The second kappa shape index (κ2) is 8.08. The lowest BCUT2D eigenvalue weighted by Crippen LogP contribution is -2.21. The van der Waals surface area contributed by atoms with Crippen molar-refractivity contribution >= 4 is 51.1 Å². The predicted molar refractivity (Wildman–Crippen MR) is 115 cm³/mol. The average Bonchev–Trinajstić information content (AvgIpc) is 3.07. The number of ketones is 1. The Balaban J connectivity index is 1.47. The number of carbonyl (C=O) groups excluding carboxylic acids is 3. The van der Waals surface area contributed by atoms with Crippen LogP contribution >= 0.6 is 11.8 Å². The van der Waals surface area contributed by atoms with Gasteiger partial charge < -0.3 is 9.73 Å². The maximum atomic E-state index is 12.4. The SMILES string of the molecule is CC(=O)c1cccc(NC(=O)C[C@@H]2SC(c3cc4ccccc4oc3=O)=NC2=O)c1. The molecule has 1 atom stereocenters. The fraction of sp³-hybridized carbons (Fsp3) is 0.136. The van der Waals surface area contributed by atoms with Gasteiger partial charge in [-0.1, -0.05) is 42.1 Å². The first kappa shape index (κ1) is 19.8. The quantitative estimate of drug-likeness (QED) is 0.501. The molecule has 1 N–H and O–H groups in total. The maximum absolute atomic E-state index is 12.4. The van der Waals surface area contributed by atoms with Crippen LogP contribution in [-0.4, -0.2) is 27.9 Å². The zero-order chi connectivity index (χ0) is 21.3. The fourth-order valence-corrected chi connectivity index (χ4v) is 4.11.